The molecule has 2 aromatic rings. The third-order valence-corrected chi connectivity index (χ3v) is 7.30. The van der Waals surface area contributed by atoms with E-state index < -0.39 is 12.0 Å². The van der Waals surface area contributed by atoms with Crippen LogP contribution in [0.4, 0.5) is 4.79 Å². The van der Waals surface area contributed by atoms with Crippen LogP contribution in [0.15, 0.2) is 16.3 Å². The summed E-state index contributed by atoms with van der Waals surface area (Å²) in [6.07, 6.45) is 4.58. The van der Waals surface area contributed by atoms with E-state index in [1.54, 1.807) is 25.2 Å². The van der Waals surface area contributed by atoms with Crippen LogP contribution in [-0.2, 0) is 22.4 Å². The molecule has 154 valence electrons. The lowest BCUT2D eigenvalue weighted by Gasteiger charge is -2.26. The van der Waals surface area contributed by atoms with Gasteiger partial charge in [0.05, 0.1) is 18.2 Å². The van der Waals surface area contributed by atoms with Crippen molar-refractivity contribution in [3.63, 3.8) is 0 Å². The van der Waals surface area contributed by atoms with E-state index in [1.807, 2.05) is 6.92 Å². The molecule has 0 fully saturated rings. The Kier molecular flexibility index (Phi) is 5.78. The van der Waals surface area contributed by atoms with E-state index in [2.05, 4.69) is 15.6 Å². The fourth-order valence-corrected chi connectivity index (χ4v) is 6.30. The maximum Gasteiger partial charge on any atom is 0.337 e. The zero-order valence-corrected chi connectivity index (χ0v) is 18.4. The molecule has 0 saturated heterocycles. The Hall–Kier alpha value is -2.13. The summed E-state index contributed by atoms with van der Waals surface area (Å²) in [5, 5.41) is 7.59. The number of urea groups is 1. The van der Waals surface area contributed by atoms with Gasteiger partial charge in [0.25, 0.3) is 0 Å². The monoisotopic (exact) mass is 432 g/mol. The predicted octanol–water partition coefficient (Wildman–Crippen LogP) is 3.49. The van der Waals surface area contributed by atoms with Crippen molar-refractivity contribution < 1.29 is 14.3 Å². The molecule has 0 unspecified atom stereocenters. The van der Waals surface area contributed by atoms with Gasteiger partial charge in [0.1, 0.15) is 15.7 Å². The van der Waals surface area contributed by atoms with Gasteiger partial charge in [0.15, 0.2) is 0 Å². The van der Waals surface area contributed by atoms with E-state index in [1.165, 1.54) is 35.0 Å². The summed E-state index contributed by atoms with van der Waals surface area (Å²) < 4.78 is 5.20. The summed E-state index contributed by atoms with van der Waals surface area (Å²) in [6.45, 7) is 5.75. The third-order valence-electron chi connectivity index (χ3n) is 5.11. The highest BCUT2D eigenvalue weighted by Crippen LogP contribution is 2.40. The number of esters is 1. The third kappa shape index (κ3) is 3.98. The van der Waals surface area contributed by atoms with Crippen LogP contribution in [0.3, 0.4) is 0 Å². The van der Waals surface area contributed by atoms with Crippen LogP contribution < -0.4 is 10.6 Å². The van der Waals surface area contributed by atoms with Crippen LogP contribution in [-0.4, -0.2) is 40.4 Å². The van der Waals surface area contributed by atoms with Crippen molar-refractivity contribution in [3.05, 3.63) is 27.5 Å². The number of ether oxygens (including phenoxy) is 1. The number of thiophene rings is 1. The van der Waals surface area contributed by atoms with Crippen LogP contribution in [0, 0.1) is 6.92 Å². The number of nitrogens with zero attached hydrogens (tertiary/aromatic N) is 2. The topological polar surface area (TPSA) is 93.2 Å². The Morgan fingerprint density at radius 3 is 2.90 bits per heavy atom. The molecule has 3 heterocycles. The van der Waals surface area contributed by atoms with Gasteiger partial charge in [-0.1, -0.05) is 11.8 Å². The molecule has 1 aliphatic carbocycles. The molecule has 29 heavy (non-hydrogen) atoms. The number of carbonyl (C=O) groups excluding carboxylic acids is 2. The van der Waals surface area contributed by atoms with Crippen molar-refractivity contribution in [3.8, 4) is 0 Å². The van der Waals surface area contributed by atoms with Gasteiger partial charge in [-0.3, -0.25) is 0 Å². The molecule has 2 aliphatic rings. The van der Waals surface area contributed by atoms with Gasteiger partial charge in [0, 0.05) is 21.7 Å². The van der Waals surface area contributed by atoms with Gasteiger partial charge in [0.2, 0.25) is 0 Å². The highest BCUT2D eigenvalue weighted by Gasteiger charge is 2.30. The average molecular weight is 433 g/mol. The van der Waals surface area contributed by atoms with E-state index in [4.69, 9.17) is 9.72 Å². The number of nitrogens with one attached hydrogen (secondary N) is 2. The SMILES string of the molecule is CCOC(=O)C1=C(CSc2nc(C)nc3sc4c(c23)CCCC4)NC(=O)N[C@@H]1C. The van der Waals surface area contributed by atoms with Crippen molar-refractivity contribution in [2.45, 2.75) is 57.5 Å². The number of aromatic nitrogens is 2. The minimum atomic E-state index is -0.403. The van der Waals surface area contributed by atoms with Gasteiger partial charge >= 0.3 is 12.0 Å². The number of hydrogen-bond donors (Lipinski definition) is 2. The second kappa shape index (κ2) is 8.31. The molecule has 1 atom stereocenters. The average Bonchev–Trinajstić information content (AvgIpc) is 3.03. The molecule has 9 heteroatoms. The van der Waals surface area contributed by atoms with E-state index in [0.29, 0.717) is 17.0 Å². The van der Waals surface area contributed by atoms with Crippen molar-refractivity contribution >= 4 is 45.3 Å². The van der Waals surface area contributed by atoms with Crippen molar-refractivity contribution in [1.29, 1.82) is 0 Å². The maximum absolute atomic E-state index is 12.4. The Morgan fingerprint density at radius 1 is 1.31 bits per heavy atom. The molecule has 2 amide bonds. The predicted molar refractivity (Wildman–Crippen MR) is 114 cm³/mol. The summed E-state index contributed by atoms with van der Waals surface area (Å²) >= 11 is 3.31. The van der Waals surface area contributed by atoms with Crippen LogP contribution in [0.2, 0.25) is 0 Å². The molecule has 7 nitrogen and oxygen atoms in total. The number of rotatable bonds is 5. The highest BCUT2D eigenvalue weighted by molar-refractivity contribution is 7.99. The summed E-state index contributed by atoms with van der Waals surface area (Å²) in [5.74, 6) is 0.767. The van der Waals surface area contributed by atoms with E-state index >= 15 is 0 Å². The fraction of sp³-hybridized carbons (Fsp3) is 0.500. The number of thioether (sulfide) groups is 1. The molecule has 0 aromatic carbocycles. The largest absolute Gasteiger partial charge is 0.463 e. The van der Waals surface area contributed by atoms with Crippen LogP contribution in [0.5, 0.6) is 0 Å². The molecule has 0 saturated carbocycles. The quantitative estimate of drug-likeness (QED) is 0.427. The molecular weight excluding hydrogens is 408 g/mol. The molecule has 2 aromatic heterocycles. The first-order chi connectivity index (χ1) is 14.0. The van der Waals surface area contributed by atoms with Crippen molar-refractivity contribution in [1.82, 2.24) is 20.6 Å². The summed E-state index contributed by atoms with van der Waals surface area (Å²) in [4.78, 5) is 36.3. The van der Waals surface area contributed by atoms with E-state index in [9.17, 15) is 9.59 Å². The van der Waals surface area contributed by atoms with Crippen LogP contribution in [0.1, 0.15) is 43.0 Å². The molecule has 2 N–H and O–H groups in total. The first-order valence-electron chi connectivity index (χ1n) is 9.87. The van der Waals surface area contributed by atoms with Gasteiger partial charge in [-0.2, -0.15) is 0 Å². The summed E-state index contributed by atoms with van der Waals surface area (Å²) in [6, 6.07) is -0.711. The standard InChI is InChI=1S/C20H24N4O3S2/c1-4-27-19(25)15-10(2)21-20(26)24-13(15)9-28-17-16-12-7-5-6-8-14(12)29-18(16)23-11(3)22-17/h10H,4-9H2,1-3H3,(H2,21,24,26)/t10-/m1/s1. The highest BCUT2D eigenvalue weighted by atomic mass is 32.2. The Balaban J connectivity index is 1.69. The van der Waals surface area contributed by atoms with Gasteiger partial charge in [-0.15, -0.1) is 11.3 Å². The lowest BCUT2D eigenvalue weighted by Crippen LogP contribution is -2.49. The Labute approximate surface area is 177 Å². The number of aryl methyl sites for hydroxylation is 3. The molecule has 0 radical (unpaired) electrons. The van der Waals surface area contributed by atoms with Gasteiger partial charge in [-0.05, 0) is 52.0 Å². The first kappa shape index (κ1) is 20.2. The fourth-order valence-electron chi connectivity index (χ4n) is 3.86. The van der Waals surface area contributed by atoms with E-state index in [-0.39, 0.29) is 12.6 Å². The van der Waals surface area contributed by atoms with E-state index in [0.717, 1.165) is 33.9 Å². The zero-order valence-electron chi connectivity index (χ0n) is 16.8. The van der Waals surface area contributed by atoms with Gasteiger partial charge < -0.3 is 15.4 Å². The Morgan fingerprint density at radius 2 is 2.10 bits per heavy atom. The lowest BCUT2D eigenvalue weighted by atomic mass is 9.97. The lowest BCUT2D eigenvalue weighted by molar-refractivity contribution is -0.138. The maximum atomic E-state index is 12.4. The molecular formula is C20H24N4O3S2. The smallest absolute Gasteiger partial charge is 0.337 e. The van der Waals surface area contributed by atoms with Crippen molar-refractivity contribution in [2.24, 2.45) is 0 Å². The second-order valence-electron chi connectivity index (χ2n) is 7.19. The molecule has 1 aliphatic heterocycles. The number of amides is 2. The molecule has 0 bridgehead atoms. The number of hydrogen-bond acceptors (Lipinski definition) is 7. The minimum Gasteiger partial charge on any atom is -0.463 e. The zero-order chi connectivity index (χ0) is 20.5. The normalized spacial score (nSPS) is 19.0. The molecule has 0 spiro atoms. The minimum absolute atomic E-state index is 0.288. The van der Waals surface area contributed by atoms with Crippen molar-refractivity contribution in [2.75, 3.05) is 12.4 Å². The van der Waals surface area contributed by atoms with Crippen LogP contribution >= 0.6 is 23.1 Å². The summed E-state index contributed by atoms with van der Waals surface area (Å²) in [5.41, 5.74) is 2.42. The first-order valence-corrected chi connectivity index (χ1v) is 11.7. The van der Waals surface area contributed by atoms with Crippen LogP contribution in [0.25, 0.3) is 10.2 Å². The second-order valence-corrected chi connectivity index (χ2v) is 9.24. The Bertz CT molecular complexity index is 1010. The number of carbonyl (C=O) groups is 2. The summed E-state index contributed by atoms with van der Waals surface area (Å²) in [7, 11) is 0. The van der Waals surface area contributed by atoms with Gasteiger partial charge in [-0.25, -0.2) is 19.6 Å². The molecule has 4 rings (SSSR count). The number of fused-ring (bicyclic) bond motifs is 3.